The van der Waals surface area contributed by atoms with Gasteiger partial charge in [-0.15, -0.1) is 0 Å². The first kappa shape index (κ1) is 9.86. The number of fused-ring (bicyclic) bond motifs is 4. The van der Waals surface area contributed by atoms with Gasteiger partial charge in [0.1, 0.15) is 18.9 Å². The van der Waals surface area contributed by atoms with Crippen molar-refractivity contribution >= 4 is 6.02 Å². The third-order valence-corrected chi connectivity index (χ3v) is 3.13. The van der Waals surface area contributed by atoms with E-state index in [1.165, 1.54) is 0 Å². The van der Waals surface area contributed by atoms with E-state index in [-0.39, 0.29) is 12.3 Å². The Morgan fingerprint density at radius 1 is 1.62 bits per heavy atom. The molecule has 2 fully saturated rings. The van der Waals surface area contributed by atoms with Crippen LogP contribution in [0.1, 0.15) is 13.3 Å². The van der Waals surface area contributed by atoms with Gasteiger partial charge in [-0.25, -0.2) is 0 Å². The summed E-state index contributed by atoms with van der Waals surface area (Å²) in [7, 11) is 0. The van der Waals surface area contributed by atoms with Crippen molar-refractivity contribution in [1.29, 1.82) is 0 Å². The molecule has 0 aromatic heterocycles. The van der Waals surface area contributed by atoms with Crippen LogP contribution in [0.5, 0.6) is 0 Å². The van der Waals surface area contributed by atoms with Gasteiger partial charge in [0.25, 0.3) is 6.02 Å². The molecule has 16 heavy (non-hydrogen) atoms. The van der Waals surface area contributed by atoms with E-state index in [0.717, 1.165) is 5.57 Å². The second-order valence-electron chi connectivity index (χ2n) is 4.30. The summed E-state index contributed by atoms with van der Waals surface area (Å²) in [5, 5.41) is 9.72. The summed E-state index contributed by atoms with van der Waals surface area (Å²) in [5.74, 6) is 0. The number of hydrogen-bond donors (Lipinski definition) is 1. The van der Waals surface area contributed by atoms with E-state index < -0.39 is 6.10 Å². The largest absolute Gasteiger partial charge is 0.462 e. The van der Waals surface area contributed by atoms with Crippen LogP contribution in [0.4, 0.5) is 0 Å². The van der Waals surface area contributed by atoms with Crippen molar-refractivity contribution in [2.75, 3.05) is 6.61 Å². The van der Waals surface area contributed by atoms with Crippen LogP contribution in [0.3, 0.4) is 0 Å². The Bertz CT molecular complexity index is 402. The maximum Gasteiger partial charge on any atom is 0.298 e. The van der Waals surface area contributed by atoms with Crippen molar-refractivity contribution in [1.82, 2.24) is 4.90 Å². The molecule has 3 aliphatic heterocycles. The molecule has 0 amide bonds. The van der Waals surface area contributed by atoms with Gasteiger partial charge < -0.3 is 14.6 Å². The monoisotopic (exact) mass is 222 g/mol. The van der Waals surface area contributed by atoms with E-state index >= 15 is 0 Å². The molecule has 0 spiro atoms. The second-order valence-corrected chi connectivity index (χ2v) is 4.30. The van der Waals surface area contributed by atoms with Crippen LogP contribution >= 0.6 is 0 Å². The normalized spacial score (nSPS) is 37.2. The molecule has 5 nitrogen and oxygen atoms in total. The lowest BCUT2D eigenvalue weighted by Gasteiger charge is -2.29. The van der Waals surface area contributed by atoms with Gasteiger partial charge in [0.2, 0.25) is 0 Å². The average molecular weight is 222 g/mol. The van der Waals surface area contributed by atoms with Gasteiger partial charge in [-0.3, -0.25) is 4.90 Å². The first-order valence-electron chi connectivity index (χ1n) is 5.36. The SMILES string of the molecule is C=C1N=C2OCC3OC(C[C@H]3O)N2C=C1C. The van der Waals surface area contributed by atoms with E-state index in [2.05, 4.69) is 11.6 Å². The molecule has 2 bridgehead atoms. The lowest BCUT2D eigenvalue weighted by Crippen LogP contribution is -2.39. The molecule has 2 unspecified atom stereocenters. The van der Waals surface area contributed by atoms with E-state index in [1.54, 1.807) is 0 Å². The number of aliphatic hydroxyl groups is 1. The van der Waals surface area contributed by atoms with Gasteiger partial charge in [0, 0.05) is 12.6 Å². The zero-order valence-electron chi connectivity index (χ0n) is 9.09. The Morgan fingerprint density at radius 3 is 3.25 bits per heavy atom. The van der Waals surface area contributed by atoms with Crippen LogP contribution in [-0.4, -0.2) is 41.1 Å². The maximum absolute atomic E-state index is 9.72. The van der Waals surface area contributed by atoms with Gasteiger partial charge in [0.05, 0.1) is 11.8 Å². The van der Waals surface area contributed by atoms with Crippen LogP contribution in [0, 0.1) is 0 Å². The minimum Gasteiger partial charge on any atom is -0.462 e. The Morgan fingerprint density at radius 2 is 2.44 bits per heavy atom. The molecule has 0 aromatic rings. The molecule has 3 heterocycles. The number of rotatable bonds is 0. The van der Waals surface area contributed by atoms with Gasteiger partial charge in [-0.1, -0.05) is 6.58 Å². The van der Waals surface area contributed by atoms with Crippen LogP contribution in [0.15, 0.2) is 29.0 Å². The van der Waals surface area contributed by atoms with Gasteiger partial charge >= 0.3 is 0 Å². The molecule has 0 aliphatic carbocycles. The van der Waals surface area contributed by atoms with E-state index in [1.807, 2.05) is 18.0 Å². The molecule has 3 aliphatic rings. The maximum atomic E-state index is 9.72. The molecule has 2 saturated heterocycles. The summed E-state index contributed by atoms with van der Waals surface area (Å²) in [6.07, 6.45) is 1.62. The summed E-state index contributed by atoms with van der Waals surface area (Å²) in [6, 6.07) is 0.523. The Labute approximate surface area is 93.7 Å². The van der Waals surface area contributed by atoms with E-state index in [9.17, 15) is 5.11 Å². The zero-order chi connectivity index (χ0) is 11.3. The van der Waals surface area contributed by atoms with Crippen LogP contribution < -0.4 is 0 Å². The number of amidine groups is 1. The highest BCUT2D eigenvalue weighted by atomic mass is 16.6. The summed E-state index contributed by atoms with van der Waals surface area (Å²) in [6.45, 7) is 6.12. The van der Waals surface area contributed by atoms with Gasteiger partial charge in [-0.05, 0) is 12.5 Å². The van der Waals surface area contributed by atoms with Crippen molar-refractivity contribution in [2.24, 2.45) is 4.99 Å². The lowest BCUT2D eigenvalue weighted by atomic mass is 10.1. The number of ether oxygens (including phenoxy) is 2. The smallest absolute Gasteiger partial charge is 0.298 e. The van der Waals surface area contributed by atoms with Crippen molar-refractivity contribution in [2.45, 2.75) is 31.8 Å². The molecular weight excluding hydrogens is 208 g/mol. The molecule has 5 heteroatoms. The molecule has 0 radical (unpaired) electrons. The summed E-state index contributed by atoms with van der Waals surface area (Å²) < 4.78 is 11.2. The van der Waals surface area contributed by atoms with E-state index in [0.29, 0.717) is 24.7 Å². The van der Waals surface area contributed by atoms with Crippen molar-refractivity contribution < 1.29 is 14.6 Å². The quantitative estimate of drug-likeness (QED) is 0.651. The first-order valence-corrected chi connectivity index (χ1v) is 5.36. The highest BCUT2D eigenvalue weighted by molar-refractivity contribution is 5.79. The minimum absolute atomic E-state index is 0.177. The van der Waals surface area contributed by atoms with Crippen LogP contribution in [-0.2, 0) is 9.47 Å². The minimum atomic E-state index is -0.453. The molecule has 3 atom stereocenters. The van der Waals surface area contributed by atoms with Crippen molar-refractivity contribution in [3.8, 4) is 0 Å². The molecule has 86 valence electrons. The number of nitrogens with zero attached hydrogens (tertiary/aromatic N) is 2. The van der Waals surface area contributed by atoms with Crippen molar-refractivity contribution in [3.05, 3.63) is 24.0 Å². The Balaban J connectivity index is 1.95. The highest BCUT2D eigenvalue weighted by Crippen LogP contribution is 2.31. The number of aliphatic imine (C=N–C) groups is 1. The molecule has 0 aromatic carbocycles. The topological polar surface area (TPSA) is 54.3 Å². The molecule has 0 saturated carbocycles. The predicted octanol–water partition coefficient (Wildman–Crippen LogP) is 0.582. The second kappa shape index (κ2) is 3.33. The summed E-state index contributed by atoms with van der Waals surface area (Å²) >= 11 is 0. The van der Waals surface area contributed by atoms with Crippen LogP contribution in [0.2, 0.25) is 0 Å². The fourth-order valence-electron chi connectivity index (χ4n) is 2.11. The molecule has 3 rings (SSSR count). The Hall–Kier alpha value is -1.33. The fourth-order valence-corrected chi connectivity index (χ4v) is 2.11. The molecule has 1 N–H and O–H groups in total. The number of allylic oxidation sites excluding steroid dienone is 1. The Kier molecular flexibility index (Phi) is 2.05. The summed E-state index contributed by atoms with van der Waals surface area (Å²) in [5.41, 5.74) is 1.69. The summed E-state index contributed by atoms with van der Waals surface area (Å²) in [4.78, 5) is 6.12. The third kappa shape index (κ3) is 1.36. The number of hydrogen-bond acceptors (Lipinski definition) is 5. The van der Waals surface area contributed by atoms with Gasteiger partial charge in [0.15, 0.2) is 0 Å². The highest BCUT2D eigenvalue weighted by Gasteiger charge is 2.42. The molecular formula is C11H14N2O3. The van der Waals surface area contributed by atoms with Crippen molar-refractivity contribution in [3.63, 3.8) is 0 Å². The average Bonchev–Trinajstić information content (AvgIpc) is 2.51. The van der Waals surface area contributed by atoms with Crippen LogP contribution in [0.25, 0.3) is 0 Å². The van der Waals surface area contributed by atoms with Gasteiger partial charge in [-0.2, -0.15) is 4.99 Å². The lowest BCUT2D eigenvalue weighted by molar-refractivity contribution is -0.0226. The first-order chi connectivity index (χ1) is 7.65. The standard InChI is InChI=1S/C11H14N2O3/c1-6-4-13-10-3-8(14)9(16-10)5-15-11(13)12-7(6)2/h4,8-10,14H,2-3,5H2,1H3/t8-,9?,10?/m1/s1. The van der Waals surface area contributed by atoms with E-state index in [4.69, 9.17) is 9.47 Å². The zero-order valence-corrected chi connectivity index (χ0v) is 9.09. The predicted molar refractivity (Wildman–Crippen MR) is 57.4 cm³/mol. The fraction of sp³-hybridized carbons (Fsp3) is 0.545. The third-order valence-electron chi connectivity index (χ3n) is 3.13. The number of aliphatic hydroxyl groups excluding tert-OH is 1.